The zero-order valence-electron chi connectivity index (χ0n) is 15.5. The summed E-state index contributed by atoms with van der Waals surface area (Å²) in [6, 6.07) is 22.5. The third kappa shape index (κ3) is 5.68. The lowest BCUT2D eigenvalue weighted by atomic mass is 10.2. The molecule has 28 heavy (non-hydrogen) atoms. The Kier molecular flexibility index (Phi) is 7.23. The van der Waals surface area contributed by atoms with Crippen molar-refractivity contribution in [2.75, 3.05) is 0 Å². The van der Waals surface area contributed by atoms with Crippen molar-refractivity contribution in [3.8, 4) is 17.2 Å². The second-order valence-corrected chi connectivity index (χ2v) is 7.04. The van der Waals surface area contributed by atoms with Crippen molar-refractivity contribution in [2.45, 2.75) is 19.6 Å². The predicted molar refractivity (Wildman–Crippen MR) is 112 cm³/mol. The molecule has 0 heterocycles. The van der Waals surface area contributed by atoms with Crippen molar-refractivity contribution in [1.29, 1.82) is 0 Å². The van der Waals surface area contributed by atoms with Crippen LogP contribution in [0.3, 0.4) is 0 Å². The van der Waals surface area contributed by atoms with Gasteiger partial charge in [0.05, 0.1) is 0 Å². The summed E-state index contributed by atoms with van der Waals surface area (Å²) < 4.78 is 17.9. The summed E-state index contributed by atoms with van der Waals surface area (Å²) >= 11 is 0. The monoisotopic (exact) mass is 397 g/mol. The Morgan fingerprint density at radius 3 is 0.929 bits per heavy atom. The third-order valence-electron chi connectivity index (χ3n) is 4.02. The van der Waals surface area contributed by atoms with Crippen LogP contribution in [-0.4, -0.2) is 0 Å². The molecule has 0 saturated carbocycles. The van der Waals surface area contributed by atoms with Crippen LogP contribution >= 0.6 is 8.60 Å². The first-order valence-corrected chi connectivity index (χ1v) is 10.0. The lowest BCUT2D eigenvalue weighted by molar-refractivity contribution is 0.388. The zero-order valence-corrected chi connectivity index (χ0v) is 16.3. The van der Waals surface area contributed by atoms with Crippen LogP contribution in [-0.2, 0) is 19.6 Å². The van der Waals surface area contributed by atoms with Crippen LogP contribution in [0.4, 0.5) is 0 Å². The molecule has 3 rings (SSSR count). The molecular formula is C21H24N3O3P. The fourth-order valence-electron chi connectivity index (χ4n) is 2.37. The standard InChI is InChI=1S/C21H24N3O3P/c22-13-16-1-7-19(8-2-16)25-28(26-20-9-3-17(14-23)4-10-20)27-21-11-5-18(15-24)6-12-21/h1-12H,13-15,22-24H2. The maximum absolute atomic E-state index is 5.97. The van der Waals surface area contributed by atoms with Gasteiger partial charge in [0.2, 0.25) is 0 Å². The van der Waals surface area contributed by atoms with E-state index in [0.717, 1.165) is 16.7 Å². The SMILES string of the molecule is NCc1ccc(OP(Oc2ccc(CN)cc2)Oc2ccc(CN)cc2)cc1. The average molecular weight is 397 g/mol. The first-order chi connectivity index (χ1) is 13.7. The minimum Gasteiger partial charge on any atom is -0.409 e. The largest absolute Gasteiger partial charge is 0.530 e. The molecule has 0 aliphatic heterocycles. The lowest BCUT2D eigenvalue weighted by Crippen LogP contribution is -2.03. The van der Waals surface area contributed by atoms with Crippen molar-refractivity contribution < 1.29 is 13.6 Å². The first kappa shape index (κ1) is 20.1. The van der Waals surface area contributed by atoms with E-state index in [0.29, 0.717) is 36.9 Å². The van der Waals surface area contributed by atoms with Crippen LogP contribution in [0.5, 0.6) is 17.2 Å². The topological polar surface area (TPSA) is 106 Å². The van der Waals surface area contributed by atoms with E-state index in [2.05, 4.69) is 0 Å². The Morgan fingerprint density at radius 1 is 0.464 bits per heavy atom. The molecule has 0 fully saturated rings. The summed E-state index contributed by atoms with van der Waals surface area (Å²) in [4.78, 5) is 0. The van der Waals surface area contributed by atoms with Crippen LogP contribution in [0.25, 0.3) is 0 Å². The molecule has 0 spiro atoms. The van der Waals surface area contributed by atoms with Gasteiger partial charge in [0.25, 0.3) is 0 Å². The van der Waals surface area contributed by atoms with Gasteiger partial charge in [-0.25, -0.2) is 0 Å². The molecule has 7 heteroatoms. The lowest BCUT2D eigenvalue weighted by Gasteiger charge is -2.18. The van der Waals surface area contributed by atoms with Gasteiger partial charge in [0.15, 0.2) is 0 Å². The second-order valence-electron chi connectivity index (χ2n) is 6.04. The highest BCUT2D eigenvalue weighted by Crippen LogP contribution is 2.42. The molecule has 0 bridgehead atoms. The summed E-state index contributed by atoms with van der Waals surface area (Å²) in [5.41, 5.74) is 20.0. The molecule has 6 nitrogen and oxygen atoms in total. The molecule has 0 radical (unpaired) electrons. The van der Waals surface area contributed by atoms with Crippen LogP contribution in [0, 0.1) is 0 Å². The van der Waals surface area contributed by atoms with Crippen molar-refractivity contribution in [3.63, 3.8) is 0 Å². The molecule has 3 aromatic rings. The van der Waals surface area contributed by atoms with E-state index in [1.807, 2.05) is 72.8 Å². The predicted octanol–water partition coefficient (Wildman–Crippen LogP) is 3.83. The molecule has 0 aromatic heterocycles. The Morgan fingerprint density at radius 2 is 0.714 bits per heavy atom. The van der Waals surface area contributed by atoms with Crippen LogP contribution in [0.2, 0.25) is 0 Å². The van der Waals surface area contributed by atoms with Crippen LogP contribution in [0.1, 0.15) is 16.7 Å². The van der Waals surface area contributed by atoms with E-state index in [9.17, 15) is 0 Å². The van der Waals surface area contributed by atoms with Gasteiger partial charge < -0.3 is 30.8 Å². The number of rotatable bonds is 9. The smallest absolute Gasteiger partial charge is 0.409 e. The highest BCUT2D eigenvalue weighted by molar-refractivity contribution is 7.43. The van der Waals surface area contributed by atoms with Crippen molar-refractivity contribution in [1.82, 2.24) is 0 Å². The quantitative estimate of drug-likeness (QED) is 0.474. The Balaban J connectivity index is 1.76. The van der Waals surface area contributed by atoms with Crippen LogP contribution in [0.15, 0.2) is 72.8 Å². The molecule has 146 valence electrons. The van der Waals surface area contributed by atoms with Crippen molar-refractivity contribution in [3.05, 3.63) is 89.5 Å². The number of nitrogens with two attached hydrogens (primary N) is 3. The molecule has 0 unspecified atom stereocenters. The minimum atomic E-state index is -1.72. The Labute approximate surface area is 166 Å². The zero-order chi connectivity index (χ0) is 19.8. The fraction of sp³-hybridized carbons (Fsp3) is 0.143. The highest BCUT2D eigenvalue weighted by atomic mass is 31.2. The number of hydrogen-bond donors (Lipinski definition) is 3. The highest BCUT2D eigenvalue weighted by Gasteiger charge is 2.20. The summed E-state index contributed by atoms with van der Waals surface area (Å²) in [6.45, 7) is 1.43. The van der Waals surface area contributed by atoms with Gasteiger partial charge in [0, 0.05) is 19.6 Å². The summed E-state index contributed by atoms with van der Waals surface area (Å²) in [7, 11) is -1.72. The van der Waals surface area contributed by atoms with Gasteiger partial charge in [-0.05, 0) is 53.1 Å². The van der Waals surface area contributed by atoms with Crippen molar-refractivity contribution in [2.24, 2.45) is 17.2 Å². The summed E-state index contributed by atoms with van der Waals surface area (Å²) in [5.74, 6) is 1.92. The molecule has 0 amide bonds. The first-order valence-electron chi connectivity index (χ1n) is 8.91. The van der Waals surface area contributed by atoms with E-state index in [1.165, 1.54) is 0 Å². The van der Waals surface area contributed by atoms with Crippen LogP contribution < -0.4 is 30.8 Å². The molecule has 6 N–H and O–H groups in total. The molecule has 0 aliphatic carbocycles. The maximum atomic E-state index is 5.97. The molecule has 0 aliphatic rings. The summed E-state index contributed by atoms with van der Waals surface area (Å²) in [6.07, 6.45) is 0. The number of hydrogen-bond acceptors (Lipinski definition) is 6. The average Bonchev–Trinajstić information content (AvgIpc) is 2.75. The third-order valence-corrected chi connectivity index (χ3v) is 5.10. The molecular weight excluding hydrogens is 373 g/mol. The summed E-state index contributed by atoms with van der Waals surface area (Å²) in [5, 5.41) is 0. The van der Waals surface area contributed by atoms with E-state index >= 15 is 0 Å². The Bertz CT molecular complexity index is 738. The van der Waals surface area contributed by atoms with E-state index in [4.69, 9.17) is 30.8 Å². The van der Waals surface area contributed by atoms with E-state index < -0.39 is 8.60 Å². The number of benzene rings is 3. The molecule has 0 saturated heterocycles. The fourth-order valence-corrected chi connectivity index (χ4v) is 3.37. The maximum Gasteiger partial charge on any atom is 0.530 e. The molecule has 3 aromatic carbocycles. The van der Waals surface area contributed by atoms with Gasteiger partial charge >= 0.3 is 8.60 Å². The Hall–Kier alpha value is -2.63. The van der Waals surface area contributed by atoms with Gasteiger partial charge in [-0.15, -0.1) is 0 Å². The van der Waals surface area contributed by atoms with Gasteiger partial charge in [-0.3, -0.25) is 0 Å². The van der Waals surface area contributed by atoms with E-state index in [1.54, 1.807) is 0 Å². The van der Waals surface area contributed by atoms with Gasteiger partial charge in [-0.1, -0.05) is 36.4 Å². The second kappa shape index (κ2) is 10.1. The van der Waals surface area contributed by atoms with Crippen molar-refractivity contribution >= 4 is 8.60 Å². The van der Waals surface area contributed by atoms with Gasteiger partial charge in [0.1, 0.15) is 17.2 Å². The van der Waals surface area contributed by atoms with E-state index in [-0.39, 0.29) is 0 Å². The normalized spacial score (nSPS) is 10.7. The van der Waals surface area contributed by atoms with Gasteiger partial charge in [-0.2, -0.15) is 0 Å². The minimum absolute atomic E-state index is 0.475. The molecule has 0 atom stereocenters.